The molecular weight excluding hydrogens is 304 g/mol. The Bertz CT molecular complexity index is 377. The highest BCUT2D eigenvalue weighted by atomic mass is 16.7. The Labute approximate surface area is 125 Å². The van der Waals surface area contributed by atoms with Crippen LogP contribution in [0.25, 0.3) is 0 Å². The SMILES string of the molecule is O=CC1CC(O)C(O)[C@H](O[C@@H]2C(CO)O[C@H](O)C(O)C2O)O1. The number of carbonyl (C=O) groups excluding carboxylic acids is 1. The van der Waals surface area contributed by atoms with Gasteiger partial charge in [-0.05, 0) is 0 Å². The molecule has 0 radical (unpaired) electrons. The number of aliphatic hydroxyl groups is 6. The molecular formula is C12H20O10. The second-order valence-corrected chi connectivity index (χ2v) is 5.30. The van der Waals surface area contributed by atoms with E-state index in [1.54, 1.807) is 0 Å². The van der Waals surface area contributed by atoms with Gasteiger partial charge in [0.15, 0.2) is 12.6 Å². The second-order valence-electron chi connectivity index (χ2n) is 5.30. The lowest BCUT2D eigenvalue weighted by Gasteiger charge is -2.43. The van der Waals surface area contributed by atoms with E-state index in [0.717, 1.165) is 0 Å². The zero-order valence-electron chi connectivity index (χ0n) is 11.5. The van der Waals surface area contributed by atoms with Gasteiger partial charge >= 0.3 is 0 Å². The predicted molar refractivity (Wildman–Crippen MR) is 66.2 cm³/mol. The highest BCUT2D eigenvalue weighted by molar-refractivity contribution is 5.56. The third-order valence-electron chi connectivity index (χ3n) is 3.74. The maximum atomic E-state index is 10.8. The third-order valence-corrected chi connectivity index (χ3v) is 3.74. The summed E-state index contributed by atoms with van der Waals surface area (Å²) in [6.07, 6.45) is -12.5. The fourth-order valence-corrected chi connectivity index (χ4v) is 2.46. The molecule has 6 N–H and O–H groups in total. The van der Waals surface area contributed by atoms with E-state index in [0.29, 0.717) is 6.29 Å². The van der Waals surface area contributed by atoms with Crippen molar-refractivity contribution in [3.8, 4) is 0 Å². The van der Waals surface area contributed by atoms with Crippen LogP contribution < -0.4 is 0 Å². The zero-order valence-corrected chi connectivity index (χ0v) is 11.5. The molecule has 10 heteroatoms. The van der Waals surface area contributed by atoms with Gasteiger partial charge < -0.3 is 49.6 Å². The molecule has 2 rings (SSSR count). The van der Waals surface area contributed by atoms with Crippen LogP contribution in [0.5, 0.6) is 0 Å². The first-order valence-corrected chi connectivity index (χ1v) is 6.82. The van der Waals surface area contributed by atoms with E-state index in [9.17, 15) is 35.4 Å². The monoisotopic (exact) mass is 324 g/mol. The van der Waals surface area contributed by atoms with E-state index in [4.69, 9.17) is 14.2 Å². The van der Waals surface area contributed by atoms with Crippen molar-refractivity contribution >= 4 is 6.29 Å². The van der Waals surface area contributed by atoms with Crippen LogP contribution in [-0.4, -0.2) is 98.8 Å². The Morgan fingerprint density at radius 1 is 1.05 bits per heavy atom. The Morgan fingerprint density at radius 3 is 2.32 bits per heavy atom. The number of aliphatic hydroxyl groups excluding tert-OH is 6. The van der Waals surface area contributed by atoms with E-state index in [1.807, 2.05) is 0 Å². The molecule has 2 aliphatic rings. The number of carbonyl (C=O) groups is 1. The molecule has 0 aliphatic carbocycles. The molecule has 0 aromatic carbocycles. The fourth-order valence-electron chi connectivity index (χ4n) is 2.46. The summed E-state index contributed by atoms with van der Waals surface area (Å²) in [5.74, 6) is 0. The summed E-state index contributed by atoms with van der Waals surface area (Å²) in [4.78, 5) is 10.8. The van der Waals surface area contributed by atoms with Crippen LogP contribution in [0.2, 0.25) is 0 Å². The summed E-state index contributed by atoms with van der Waals surface area (Å²) in [6.45, 7) is -0.645. The average Bonchev–Trinajstić information content (AvgIpc) is 2.51. The van der Waals surface area contributed by atoms with Crippen molar-refractivity contribution in [2.75, 3.05) is 6.61 Å². The Balaban J connectivity index is 2.10. The third kappa shape index (κ3) is 3.45. The standard InChI is InChI=1S/C12H20O10/c13-2-4-1-5(15)7(16)12(20-4)22-10-6(3-14)21-11(19)9(18)8(10)17/h2,4-12,14-19H,1,3H2/t4?,5?,6?,7?,8?,9?,10-,11+,12+/m1/s1. The minimum absolute atomic E-state index is 0.112. The van der Waals surface area contributed by atoms with Gasteiger partial charge in [0.2, 0.25) is 0 Å². The zero-order chi connectivity index (χ0) is 16.4. The molecule has 22 heavy (non-hydrogen) atoms. The minimum atomic E-state index is -1.71. The Morgan fingerprint density at radius 2 is 1.73 bits per heavy atom. The second kappa shape index (κ2) is 7.25. The molecule has 9 atom stereocenters. The molecule has 2 saturated heterocycles. The van der Waals surface area contributed by atoms with Gasteiger partial charge in [0, 0.05) is 6.42 Å². The lowest BCUT2D eigenvalue weighted by atomic mass is 9.98. The van der Waals surface area contributed by atoms with E-state index < -0.39 is 61.9 Å². The van der Waals surface area contributed by atoms with Crippen LogP contribution in [0.3, 0.4) is 0 Å². The first kappa shape index (κ1) is 17.7. The molecule has 2 aliphatic heterocycles. The van der Waals surface area contributed by atoms with Crippen molar-refractivity contribution in [1.29, 1.82) is 0 Å². The molecule has 128 valence electrons. The lowest BCUT2D eigenvalue weighted by molar-refractivity contribution is -0.340. The average molecular weight is 324 g/mol. The number of hydrogen-bond donors (Lipinski definition) is 6. The largest absolute Gasteiger partial charge is 0.394 e. The first-order chi connectivity index (χ1) is 10.4. The summed E-state index contributed by atoms with van der Waals surface area (Å²) >= 11 is 0. The Hall–Kier alpha value is -0.690. The molecule has 0 bridgehead atoms. The van der Waals surface area contributed by atoms with Gasteiger partial charge in [-0.2, -0.15) is 0 Å². The van der Waals surface area contributed by atoms with Crippen LogP contribution in [0.4, 0.5) is 0 Å². The number of rotatable bonds is 4. The highest BCUT2D eigenvalue weighted by Crippen LogP contribution is 2.27. The molecule has 2 fully saturated rings. The van der Waals surface area contributed by atoms with Crippen LogP contribution in [0, 0.1) is 0 Å². The number of ether oxygens (including phenoxy) is 3. The summed E-state index contributed by atoms with van der Waals surface area (Å²) in [5.41, 5.74) is 0. The number of aldehydes is 1. The first-order valence-electron chi connectivity index (χ1n) is 6.82. The van der Waals surface area contributed by atoms with Crippen molar-refractivity contribution in [2.24, 2.45) is 0 Å². The van der Waals surface area contributed by atoms with Crippen LogP contribution >= 0.6 is 0 Å². The molecule has 10 nitrogen and oxygen atoms in total. The van der Waals surface area contributed by atoms with E-state index >= 15 is 0 Å². The molecule has 6 unspecified atom stereocenters. The normalized spacial score (nSPS) is 49.8. The van der Waals surface area contributed by atoms with Gasteiger partial charge in [-0.15, -0.1) is 0 Å². The topological polar surface area (TPSA) is 166 Å². The van der Waals surface area contributed by atoms with Crippen LogP contribution in [0.1, 0.15) is 6.42 Å². The molecule has 0 amide bonds. The molecule has 2 heterocycles. The van der Waals surface area contributed by atoms with E-state index in [-0.39, 0.29) is 6.42 Å². The van der Waals surface area contributed by atoms with Crippen molar-refractivity contribution in [2.45, 2.75) is 61.7 Å². The van der Waals surface area contributed by atoms with Gasteiger partial charge in [-0.3, -0.25) is 0 Å². The van der Waals surface area contributed by atoms with Gasteiger partial charge in [0.05, 0.1) is 12.7 Å². The molecule has 0 saturated carbocycles. The number of hydrogen-bond acceptors (Lipinski definition) is 10. The minimum Gasteiger partial charge on any atom is -0.394 e. The lowest BCUT2D eigenvalue weighted by Crippen LogP contribution is -2.62. The van der Waals surface area contributed by atoms with Gasteiger partial charge in [-0.25, -0.2) is 0 Å². The summed E-state index contributed by atoms with van der Waals surface area (Å²) in [7, 11) is 0. The highest BCUT2D eigenvalue weighted by Gasteiger charge is 2.48. The maximum Gasteiger partial charge on any atom is 0.187 e. The smallest absolute Gasteiger partial charge is 0.187 e. The van der Waals surface area contributed by atoms with Crippen LogP contribution in [0.15, 0.2) is 0 Å². The van der Waals surface area contributed by atoms with Crippen LogP contribution in [-0.2, 0) is 19.0 Å². The molecule has 0 aromatic rings. The fraction of sp³-hybridized carbons (Fsp3) is 0.917. The van der Waals surface area contributed by atoms with Crippen molar-refractivity contribution in [3.63, 3.8) is 0 Å². The van der Waals surface area contributed by atoms with E-state index in [1.165, 1.54) is 0 Å². The van der Waals surface area contributed by atoms with Crippen molar-refractivity contribution in [3.05, 3.63) is 0 Å². The van der Waals surface area contributed by atoms with Crippen molar-refractivity contribution < 1.29 is 49.6 Å². The van der Waals surface area contributed by atoms with Gasteiger partial charge in [0.25, 0.3) is 0 Å². The molecule has 0 aromatic heterocycles. The summed E-state index contributed by atoms with van der Waals surface area (Å²) in [6, 6.07) is 0. The van der Waals surface area contributed by atoms with Gasteiger partial charge in [-0.1, -0.05) is 0 Å². The van der Waals surface area contributed by atoms with Gasteiger partial charge in [0.1, 0.15) is 42.9 Å². The van der Waals surface area contributed by atoms with Crippen molar-refractivity contribution in [1.82, 2.24) is 0 Å². The summed E-state index contributed by atoms with van der Waals surface area (Å²) in [5, 5.41) is 57.6. The molecule has 0 spiro atoms. The van der Waals surface area contributed by atoms with E-state index in [2.05, 4.69) is 0 Å². The maximum absolute atomic E-state index is 10.8. The predicted octanol–water partition coefficient (Wildman–Crippen LogP) is -4.16. The summed E-state index contributed by atoms with van der Waals surface area (Å²) < 4.78 is 15.3. The Kier molecular flexibility index (Phi) is 5.82. The quantitative estimate of drug-likeness (QED) is 0.279.